The maximum atomic E-state index is 12.3. The maximum absolute atomic E-state index is 12.3. The Kier molecular flexibility index (Phi) is 4.83. The maximum Gasteiger partial charge on any atom is 0.178 e. The van der Waals surface area contributed by atoms with Crippen molar-refractivity contribution in [1.82, 2.24) is 4.90 Å². The van der Waals surface area contributed by atoms with Gasteiger partial charge in [0.25, 0.3) is 0 Å². The summed E-state index contributed by atoms with van der Waals surface area (Å²) in [5, 5.41) is 0. The van der Waals surface area contributed by atoms with Crippen molar-refractivity contribution in [2.75, 3.05) is 19.3 Å². The van der Waals surface area contributed by atoms with Crippen molar-refractivity contribution in [2.24, 2.45) is 0 Å². The summed E-state index contributed by atoms with van der Waals surface area (Å²) in [5.74, 6) is 0.204. The third-order valence-electron chi connectivity index (χ3n) is 4.66. The second-order valence-electron chi connectivity index (χ2n) is 6.22. The van der Waals surface area contributed by atoms with Gasteiger partial charge in [-0.05, 0) is 56.1 Å². The van der Waals surface area contributed by atoms with E-state index in [9.17, 15) is 8.42 Å². The van der Waals surface area contributed by atoms with E-state index in [0.717, 1.165) is 19.4 Å². The smallest absolute Gasteiger partial charge is 0.178 e. The summed E-state index contributed by atoms with van der Waals surface area (Å²) >= 11 is 0. The van der Waals surface area contributed by atoms with E-state index in [1.54, 1.807) is 24.3 Å². The molecule has 0 saturated carbocycles. The van der Waals surface area contributed by atoms with E-state index in [1.807, 2.05) is 6.07 Å². The van der Waals surface area contributed by atoms with Crippen LogP contribution in [0.5, 0.6) is 0 Å². The molecule has 0 aromatic heterocycles. The fraction of sp³-hybridized carbons (Fsp3) is 0.368. The van der Waals surface area contributed by atoms with Gasteiger partial charge < -0.3 is 0 Å². The van der Waals surface area contributed by atoms with Crippen LogP contribution < -0.4 is 0 Å². The molecule has 1 atom stereocenters. The van der Waals surface area contributed by atoms with Crippen molar-refractivity contribution >= 4 is 9.84 Å². The summed E-state index contributed by atoms with van der Waals surface area (Å²) in [7, 11) is -1.07. The first-order valence-electron chi connectivity index (χ1n) is 8.14. The predicted molar refractivity (Wildman–Crippen MR) is 93.2 cm³/mol. The standard InChI is InChI=1S/C19H23NO2S/c1-20(19-13-12-16-8-5-6-11-18(16)19)14-7-15-23(21,22)17-9-3-2-4-10-17/h2-6,8-11,19H,7,12-15H2,1H3/t19-/m1/s1. The molecule has 0 aliphatic heterocycles. The Balaban J connectivity index is 1.57. The average Bonchev–Trinajstić information content (AvgIpc) is 2.99. The van der Waals surface area contributed by atoms with E-state index in [0.29, 0.717) is 17.4 Å². The van der Waals surface area contributed by atoms with Crippen LogP contribution in [0.15, 0.2) is 59.5 Å². The Hall–Kier alpha value is -1.65. The molecule has 0 saturated heterocycles. The quantitative estimate of drug-likeness (QED) is 0.814. The molecule has 0 spiro atoms. The lowest BCUT2D eigenvalue weighted by Gasteiger charge is -2.25. The lowest BCUT2D eigenvalue weighted by atomic mass is 10.1. The van der Waals surface area contributed by atoms with Gasteiger partial charge in [0, 0.05) is 6.04 Å². The van der Waals surface area contributed by atoms with Crippen molar-refractivity contribution in [1.29, 1.82) is 0 Å². The monoisotopic (exact) mass is 329 g/mol. The molecule has 1 aliphatic carbocycles. The van der Waals surface area contributed by atoms with E-state index in [1.165, 1.54) is 11.1 Å². The van der Waals surface area contributed by atoms with E-state index in [2.05, 4.69) is 36.2 Å². The van der Waals surface area contributed by atoms with E-state index in [4.69, 9.17) is 0 Å². The Morgan fingerprint density at radius 1 is 1.04 bits per heavy atom. The molecule has 0 N–H and O–H groups in total. The molecule has 4 heteroatoms. The number of rotatable bonds is 6. The second kappa shape index (κ2) is 6.85. The molecule has 1 aliphatic rings. The fourth-order valence-electron chi connectivity index (χ4n) is 3.40. The topological polar surface area (TPSA) is 37.4 Å². The van der Waals surface area contributed by atoms with Crippen LogP contribution in [0.25, 0.3) is 0 Å². The highest BCUT2D eigenvalue weighted by atomic mass is 32.2. The van der Waals surface area contributed by atoms with Crippen LogP contribution in [0.3, 0.4) is 0 Å². The second-order valence-corrected chi connectivity index (χ2v) is 8.33. The summed E-state index contributed by atoms with van der Waals surface area (Å²) in [4.78, 5) is 2.72. The lowest BCUT2D eigenvalue weighted by molar-refractivity contribution is 0.245. The molecule has 3 rings (SSSR count). The van der Waals surface area contributed by atoms with Crippen LogP contribution in [0.1, 0.15) is 30.0 Å². The molecular weight excluding hydrogens is 306 g/mol. The van der Waals surface area contributed by atoms with Gasteiger partial charge in [-0.1, -0.05) is 42.5 Å². The number of fused-ring (bicyclic) bond motifs is 1. The highest BCUT2D eigenvalue weighted by Gasteiger charge is 2.25. The molecule has 0 heterocycles. The Labute approximate surface area is 138 Å². The first-order valence-corrected chi connectivity index (χ1v) is 9.79. The highest BCUT2D eigenvalue weighted by molar-refractivity contribution is 7.91. The van der Waals surface area contributed by atoms with Crippen molar-refractivity contribution in [2.45, 2.75) is 30.2 Å². The predicted octanol–water partition coefficient (Wildman–Crippen LogP) is 3.47. The number of benzene rings is 2. The molecule has 122 valence electrons. The summed E-state index contributed by atoms with van der Waals surface area (Å²) in [6, 6.07) is 17.7. The van der Waals surface area contributed by atoms with Crippen LogP contribution in [0, 0.1) is 0 Å². The van der Waals surface area contributed by atoms with Gasteiger partial charge in [0.05, 0.1) is 10.6 Å². The van der Waals surface area contributed by atoms with Crippen LogP contribution in [0.2, 0.25) is 0 Å². The van der Waals surface area contributed by atoms with Crippen molar-refractivity contribution in [3.8, 4) is 0 Å². The van der Waals surface area contributed by atoms with Gasteiger partial charge in [-0.3, -0.25) is 4.90 Å². The molecule has 0 unspecified atom stereocenters. The van der Waals surface area contributed by atoms with Gasteiger partial charge >= 0.3 is 0 Å². The molecule has 0 bridgehead atoms. The van der Waals surface area contributed by atoms with Gasteiger partial charge in [0.2, 0.25) is 0 Å². The minimum absolute atomic E-state index is 0.204. The van der Waals surface area contributed by atoms with Crippen LogP contribution >= 0.6 is 0 Å². The van der Waals surface area contributed by atoms with Gasteiger partial charge in [-0.25, -0.2) is 8.42 Å². The third kappa shape index (κ3) is 3.65. The summed E-state index contributed by atoms with van der Waals surface area (Å²) < 4.78 is 24.6. The molecule has 3 nitrogen and oxygen atoms in total. The van der Waals surface area contributed by atoms with Gasteiger partial charge in [-0.2, -0.15) is 0 Å². The molecular formula is C19H23NO2S. The Morgan fingerprint density at radius 2 is 1.74 bits per heavy atom. The zero-order valence-corrected chi connectivity index (χ0v) is 14.3. The largest absolute Gasteiger partial charge is 0.299 e. The number of nitrogens with zero attached hydrogens (tertiary/aromatic N) is 1. The first kappa shape index (κ1) is 16.2. The Morgan fingerprint density at radius 3 is 2.52 bits per heavy atom. The van der Waals surface area contributed by atoms with Crippen molar-refractivity contribution in [3.63, 3.8) is 0 Å². The molecule has 0 fully saturated rings. The summed E-state index contributed by atoms with van der Waals surface area (Å²) in [6.07, 6.45) is 2.90. The molecule has 2 aromatic carbocycles. The van der Waals surface area contributed by atoms with E-state index in [-0.39, 0.29) is 5.75 Å². The number of hydrogen-bond acceptors (Lipinski definition) is 3. The fourth-order valence-corrected chi connectivity index (χ4v) is 4.71. The molecule has 2 aromatic rings. The van der Waals surface area contributed by atoms with E-state index < -0.39 is 9.84 Å². The number of hydrogen-bond donors (Lipinski definition) is 0. The minimum atomic E-state index is -3.17. The van der Waals surface area contributed by atoms with Crippen molar-refractivity contribution < 1.29 is 8.42 Å². The summed E-state index contributed by atoms with van der Waals surface area (Å²) in [6.45, 7) is 0.797. The SMILES string of the molecule is CN(CCCS(=O)(=O)c1ccccc1)[C@@H]1CCc2ccccc21. The van der Waals surface area contributed by atoms with Crippen LogP contribution in [-0.4, -0.2) is 32.7 Å². The summed E-state index contributed by atoms with van der Waals surface area (Å²) in [5.41, 5.74) is 2.84. The Bertz CT molecular complexity index is 756. The van der Waals surface area contributed by atoms with Gasteiger partial charge in [-0.15, -0.1) is 0 Å². The zero-order valence-electron chi connectivity index (χ0n) is 13.5. The number of sulfone groups is 1. The van der Waals surface area contributed by atoms with Crippen LogP contribution in [-0.2, 0) is 16.3 Å². The lowest BCUT2D eigenvalue weighted by Crippen LogP contribution is -2.25. The average molecular weight is 329 g/mol. The molecule has 0 amide bonds. The van der Waals surface area contributed by atoms with Crippen molar-refractivity contribution in [3.05, 3.63) is 65.7 Å². The first-order chi connectivity index (χ1) is 11.1. The molecule has 0 radical (unpaired) electrons. The van der Waals surface area contributed by atoms with E-state index >= 15 is 0 Å². The highest BCUT2D eigenvalue weighted by Crippen LogP contribution is 2.34. The van der Waals surface area contributed by atoms with Gasteiger partial charge in [0.15, 0.2) is 9.84 Å². The van der Waals surface area contributed by atoms with Crippen LogP contribution in [0.4, 0.5) is 0 Å². The van der Waals surface area contributed by atoms with Gasteiger partial charge in [0.1, 0.15) is 0 Å². The molecule has 23 heavy (non-hydrogen) atoms. The third-order valence-corrected chi connectivity index (χ3v) is 6.48. The zero-order chi connectivity index (χ0) is 16.3. The number of aryl methyl sites for hydroxylation is 1. The normalized spacial score (nSPS) is 17.4. The minimum Gasteiger partial charge on any atom is -0.299 e.